The Bertz CT molecular complexity index is 895. The molecular weight excluding hydrogens is 438 g/mol. The number of amides is 3. The zero-order valence-corrected chi connectivity index (χ0v) is 18.1. The molecule has 0 radical (unpaired) electrons. The number of nitrogens with one attached hydrogen (secondary N) is 1. The number of hydrogen-bond donors (Lipinski definition) is 1. The predicted molar refractivity (Wildman–Crippen MR) is 118 cm³/mol. The minimum atomic E-state index is -0.251. The van der Waals surface area contributed by atoms with Gasteiger partial charge in [-0.25, -0.2) is 4.79 Å². The molecule has 3 amide bonds. The molecule has 0 aromatic heterocycles. The molecule has 2 aliphatic heterocycles. The maximum atomic E-state index is 12.7. The van der Waals surface area contributed by atoms with Crippen molar-refractivity contribution < 1.29 is 9.59 Å². The van der Waals surface area contributed by atoms with Gasteiger partial charge in [-0.3, -0.25) is 9.69 Å². The topological polar surface area (TPSA) is 52.7 Å². The van der Waals surface area contributed by atoms with E-state index in [1.54, 1.807) is 11.8 Å². The highest BCUT2D eigenvalue weighted by atomic mass is 79.9. The molecule has 0 atom stereocenters. The second kappa shape index (κ2) is 7.79. The van der Waals surface area contributed by atoms with Crippen molar-refractivity contribution >= 4 is 51.0 Å². The highest BCUT2D eigenvalue weighted by Gasteiger charge is 2.49. The number of aryl methyl sites for hydroxylation is 1. The van der Waals surface area contributed by atoms with Crippen LogP contribution < -0.4 is 10.2 Å². The minimum absolute atomic E-state index is 0.0893. The zero-order valence-electron chi connectivity index (χ0n) is 15.7. The smallest absolute Gasteiger partial charge is 0.321 e. The summed E-state index contributed by atoms with van der Waals surface area (Å²) >= 11 is 5.11. The highest BCUT2D eigenvalue weighted by molar-refractivity contribution is 9.10. The van der Waals surface area contributed by atoms with Crippen molar-refractivity contribution in [1.82, 2.24) is 4.90 Å². The molecule has 2 aromatic carbocycles. The molecule has 0 unspecified atom stereocenters. The van der Waals surface area contributed by atoms with Crippen molar-refractivity contribution in [1.29, 1.82) is 0 Å². The molecule has 1 spiro atoms. The third-order valence-electron chi connectivity index (χ3n) is 5.31. The van der Waals surface area contributed by atoms with E-state index in [0.29, 0.717) is 18.8 Å². The Hall–Kier alpha value is -1.99. The first-order chi connectivity index (χ1) is 13.5. The van der Waals surface area contributed by atoms with E-state index < -0.39 is 0 Å². The second-order valence-corrected chi connectivity index (χ2v) is 9.48. The number of nitrogens with zero attached hydrogens (tertiary/aromatic N) is 2. The largest absolute Gasteiger partial charge is 0.324 e. The van der Waals surface area contributed by atoms with Crippen molar-refractivity contribution in [3.05, 3.63) is 58.6 Å². The Balaban J connectivity index is 1.45. The number of benzene rings is 2. The van der Waals surface area contributed by atoms with Crippen LogP contribution in [-0.2, 0) is 4.79 Å². The number of hydrogen-bond acceptors (Lipinski definition) is 3. The Morgan fingerprint density at radius 1 is 1.14 bits per heavy atom. The maximum Gasteiger partial charge on any atom is 0.321 e. The van der Waals surface area contributed by atoms with Crippen LogP contribution in [0.2, 0.25) is 0 Å². The standard InChI is InChI=1S/C21H22BrN3O2S/c1-15-3-2-4-18(13-15)25-19(26)14-28-21(25)9-11-24(12-10-21)20(27)23-17-7-5-16(22)6-8-17/h2-8,13H,9-12,14H2,1H3,(H,23,27). The van der Waals surface area contributed by atoms with Gasteiger partial charge >= 0.3 is 6.03 Å². The van der Waals surface area contributed by atoms with Crippen molar-refractivity contribution in [2.75, 3.05) is 29.1 Å². The molecule has 0 bridgehead atoms. The summed E-state index contributed by atoms with van der Waals surface area (Å²) in [4.78, 5) is 28.8. The van der Waals surface area contributed by atoms with Crippen LogP contribution in [0.15, 0.2) is 53.0 Å². The average Bonchev–Trinajstić information content (AvgIpc) is 3.00. The molecule has 0 saturated carbocycles. The molecule has 2 fully saturated rings. The molecule has 7 heteroatoms. The number of carbonyl (C=O) groups is 2. The molecule has 2 aliphatic rings. The van der Waals surface area contributed by atoms with Gasteiger partial charge in [0.05, 0.1) is 10.6 Å². The molecular formula is C21H22BrN3O2S. The molecule has 0 aliphatic carbocycles. The van der Waals surface area contributed by atoms with Crippen LogP contribution in [0.5, 0.6) is 0 Å². The van der Waals surface area contributed by atoms with Gasteiger partial charge in [-0.15, -0.1) is 11.8 Å². The first kappa shape index (κ1) is 19.3. The molecule has 2 aromatic rings. The third kappa shape index (κ3) is 3.78. The number of thioether (sulfide) groups is 1. The fraction of sp³-hybridized carbons (Fsp3) is 0.333. The Labute approximate surface area is 177 Å². The fourth-order valence-corrected chi connectivity index (χ4v) is 5.45. The van der Waals surface area contributed by atoms with Crippen molar-refractivity contribution in [3.8, 4) is 0 Å². The summed E-state index contributed by atoms with van der Waals surface area (Å²) < 4.78 is 0.976. The molecule has 1 N–H and O–H groups in total. The van der Waals surface area contributed by atoms with E-state index >= 15 is 0 Å². The van der Waals surface area contributed by atoms with Crippen LogP contribution in [-0.4, -0.2) is 40.6 Å². The lowest BCUT2D eigenvalue weighted by atomic mass is 10.0. The van der Waals surface area contributed by atoms with Gasteiger partial charge in [0.2, 0.25) is 5.91 Å². The van der Waals surface area contributed by atoms with Gasteiger partial charge in [-0.2, -0.15) is 0 Å². The summed E-state index contributed by atoms with van der Waals surface area (Å²) in [7, 11) is 0. The monoisotopic (exact) mass is 459 g/mol. The van der Waals surface area contributed by atoms with Crippen LogP contribution in [0.4, 0.5) is 16.2 Å². The summed E-state index contributed by atoms with van der Waals surface area (Å²) in [5.41, 5.74) is 2.88. The summed E-state index contributed by atoms with van der Waals surface area (Å²) in [6.45, 7) is 3.30. The van der Waals surface area contributed by atoms with E-state index in [1.165, 1.54) is 0 Å². The van der Waals surface area contributed by atoms with Crippen LogP contribution in [0.3, 0.4) is 0 Å². The van der Waals surface area contributed by atoms with Gasteiger partial charge < -0.3 is 10.2 Å². The summed E-state index contributed by atoms with van der Waals surface area (Å²) in [6.07, 6.45) is 1.54. The fourth-order valence-electron chi connectivity index (χ4n) is 3.86. The summed E-state index contributed by atoms with van der Waals surface area (Å²) in [5, 5.41) is 2.96. The quantitative estimate of drug-likeness (QED) is 0.697. The second-order valence-electron chi connectivity index (χ2n) is 7.23. The van der Waals surface area contributed by atoms with Gasteiger partial charge in [0.15, 0.2) is 0 Å². The molecule has 146 valence electrons. The first-order valence-electron chi connectivity index (χ1n) is 9.32. The Morgan fingerprint density at radius 2 is 1.86 bits per heavy atom. The molecule has 2 saturated heterocycles. The van der Waals surface area contributed by atoms with Gasteiger partial charge in [-0.1, -0.05) is 28.1 Å². The van der Waals surface area contributed by atoms with Gasteiger partial charge in [0.1, 0.15) is 0 Å². The predicted octanol–water partition coefficient (Wildman–Crippen LogP) is 4.86. The number of halogens is 1. The van der Waals surface area contributed by atoms with E-state index in [9.17, 15) is 9.59 Å². The number of likely N-dealkylation sites (tertiary alicyclic amines) is 1. The number of piperidine rings is 1. The summed E-state index contributed by atoms with van der Waals surface area (Å²) in [5.74, 6) is 0.655. The van der Waals surface area contributed by atoms with Gasteiger partial charge in [0, 0.05) is 28.9 Å². The van der Waals surface area contributed by atoms with Gasteiger partial charge in [-0.05, 0) is 61.7 Å². The van der Waals surface area contributed by atoms with E-state index in [0.717, 1.165) is 34.3 Å². The molecule has 28 heavy (non-hydrogen) atoms. The van der Waals surface area contributed by atoms with Crippen molar-refractivity contribution in [3.63, 3.8) is 0 Å². The normalized spacial score (nSPS) is 18.6. The Kier molecular flexibility index (Phi) is 5.38. The zero-order chi connectivity index (χ0) is 19.7. The van der Waals surface area contributed by atoms with Crippen molar-refractivity contribution in [2.24, 2.45) is 0 Å². The third-order valence-corrected chi connectivity index (χ3v) is 7.36. The Morgan fingerprint density at radius 3 is 2.54 bits per heavy atom. The summed E-state index contributed by atoms with van der Waals surface area (Å²) in [6, 6.07) is 15.6. The SMILES string of the molecule is Cc1cccc(N2C(=O)CSC23CCN(C(=O)Nc2ccc(Br)cc2)CC3)c1. The first-order valence-corrected chi connectivity index (χ1v) is 11.1. The van der Waals surface area contributed by atoms with E-state index in [1.807, 2.05) is 59.2 Å². The van der Waals surface area contributed by atoms with Crippen LogP contribution in [0.1, 0.15) is 18.4 Å². The van der Waals surface area contributed by atoms with Gasteiger partial charge in [0.25, 0.3) is 0 Å². The van der Waals surface area contributed by atoms with Crippen LogP contribution in [0.25, 0.3) is 0 Å². The molecule has 5 nitrogen and oxygen atoms in total. The van der Waals surface area contributed by atoms with E-state index in [4.69, 9.17) is 0 Å². The highest BCUT2D eigenvalue weighted by Crippen LogP contribution is 2.46. The van der Waals surface area contributed by atoms with E-state index in [2.05, 4.69) is 27.3 Å². The van der Waals surface area contributed by atoms with Crippen molar-refractivity contribution in [2.45, 2.75) is 24.6 Å². The number of urea groups is 1. The van der Waals surface area contributed by atoms with Crippen LogP contribution in [0, 0.1) is 6.92 Å². The number of carbonyl (C=O) groups excluding carboxylic acids is 2. The number of rotatable bonds is 2. The minimum Gasteiger partial charge on any atom is -0.324 e. The molecule has 4 rings (SSSR count). The number of anilines is 2. The van der Waals surface area contributed by atoms with E-state index in [-0.39, 0.29) is 16.8 Å². The maximum absolute atomic E-state index is 12.7. The lowest BCUT2D eigenvalue weighted by molar-refractivity contribution is -0.116. The lowest BCUT2D eigenvalue weighted by Gasteiger charge is -2.44. The van der Waals surface area contributed by atoms with Crippen LogP contribution >= 0.6 is 27.7 Å². The average molecular weight is 460 g/mol. The lowest BCUT2D eigenvalue weighted by Crippen LogP contribution is -2.53. The molecule has 2 heterocycles.